The van der Waals surface area contributed by atoms with E-state index in [0.29, 0.717) is 5.56 Å². The summed E-state index contributed by atoms with van der Waals surface area (Å²) in [5.74, 6) is -2.18. The molecular weight excluding hydrogens is 360 g/mol. The average Bonchev–Trinajstić information content (AvgIpc) is 3.10. The zero-order chi connectivity index (χ0) is 20.4. The van der Waals surface area contributed by atoms with Gasteiger partial charge < -0.3 is 9.30 Å². The van der Waals surface area contributed by atoms with Crippen LogP contribution in [0, 0.1) is 13.8 Å². The number of Topliss-reactive ketones (excluding diaryl/α,β-unsaturated/α-hetero) is 1. The van der Waals surface area contributed by atoms with E-state index in [1.54, 1.807) is 18.2 Å². The molecule has 1 aliphatic rings. The third kappa shape index (κ3) is 3.47. The van der Waals surface area contributed by atoms with Crippen LogP contribution in [0.4, 0.5) is 0 Å². The fraction of sp³-hybridized carbons (Fsp3) is 0.333. The standard InChI is InChI=1S/C21H22N2O5/c1-4-9-22-13(2)10-17(14(22)3)18(24)12-28-19(25)11-23-20(26)15-7-5-6-8-16(15)21(23)27/h5-8,10H,4,9,11-12H2,1-3H3. The van der Waals surface area contributed by atoms with Crippen LogP contribution in [0.5, 0.6) is 0 Å². The summed E-state index contributed by atoms with van der Waals surface area (Å²) in [5, 5.41) is 0. The lowest BCUT2D eigenvalue weighted by Crippen LogP contribution is -2.36. The van der Waals surface area contributed by atoms with Crippen LogP contribution in [0.15, 0.2) is 30.3 Å². The highest BCUT2D eigenvalue weighted by molar-refractivity contribution is 6.22. The Bertz CT molecular complexity index is 938. The van der Waals surface area contributed by atoms with Crippen LogP contribution in [0.2, 0.25) is 0 Å². The zero-order valence-electron chi connectivity index (χ0n) is 16.2. The molecule has 1 aromatic carbocycles. The van der Waals surface area contributed by atoms with Gasteiger partial charge in [-0.25, -0.2) is 0 Å². The lowest BCUT2D eigenvalue weighted by Gasteiger charge is -2.13. The van der Waals surface area contributed by atoms with Gasteiger partial charge in [-0.2, -0.15) is 0 Å². The van der Waals surface area contributed by atoms with E-state index in [1.165, 1.54) is 12.1 Å². The minimum absolute atomic E-state index is 0.264. The number of nitrogens with zero attached hydrogens (tertiary/aromatic N) is 2. The van der Waals surface area contributed by atoms with Gasteiger partial charge in [-0.05, 0) is 38.5 Å². The van der Waals surface area contributed by atoms with Crippen LogP contribution in [-0.2, 0) is 16.1 Å². The molecule has 2 heterocycles. The molecule has 0 radical (unpaired) electrons. The highest BCUT2D eigenvalue weighted by Gasteiger charge is 2.36. The Morgan fingerprint density at radius 1 is 1.04 bits per heavy atom. The largest absolute Gasteiger partial charge is 0.456 e. The Balaban J connectivity index is 1.61. The highest BCUT2D eigenvalue weighted by Crippen LogP contribution is 2.22. The molecule has 3 rings (SSSR count). The second kappa shape index (κ2) is 7.80. The van der Waals surface area contributed by atoms with Gasteiger partial charge in [0, 0.05) is 23.5 Å². The van der Waals surface area contributed by atoms with Crippen molar-refractivity contribution < 1.29 is 23.9 Å². The second-order valence-corrected chi connectivity index (χ2v) is 6.76. The van der Waals surface area contributed by atoms with E-state index in [2.05, 4.69) is 6.92 Å². The molecule has 7 heteroatoms. The molecule has 1 aliphatic heterocycles. The summed E-state index contributed by atoms with van der Waals surface area (Å²) in [5.41, 5.74) is 2.85. The highest BCUT2D eigenvalue weighted by atomic mass is 16.5. The molecule has 0 spiro atoms. The van der Waals surface area contributed by atoms with Crippen LogP contribution in [0.3, 0.4) is 0 Å². The Kier molecular flexibility index (Phi) is 5.44. The van der Waals surface area contributed by atoms with Gasteiger partial charge in [0.2, 0.25) is 5.78 Å². The van der Waals surface area contributed by atoms with E-state index in [1.807, 2.05) is 18.4 Å². The SMILES string of the molecule is CCCn1c(C)cc(C(=O)COC(=O)CN2C(=O)c3ccccc3C2=O)c1C. The number of hydrogen-bond donors (Lipinski definition) is 0. The first kappa shape index (κ1) is 19.5. The number of carbonyl (C=O) groups is 4. The number of aromatic nitrogens is 1. The van der Waals surface area contributed by atoms with Gasteiger partial charge in [-0.3, -0.25) is 24.1 Å². The number of fused-ring (bicyclic) bond motifs is 1. The third-order valence-electron chi connectivity index (χ3n) is 4.85. The quantitative estimate of drug-likeness (QED) is 0.417. The minimum Gasteiger partial charge on any atom is -0.456 e. The van der Waals surface area contributed by atoms with Gasteiger partial charge >= 0.3 is 5.97 Å². The van der Waals surface area contributed by atoms with Gasteiger partial charge in [0.05, 0.1) is 11.1 Å². The fourth-order valence-electron chi connectivity index (χ4n) is 3.43. The predicted molar refractivity (Wildman–Crippen MR) is 101 cm³/mol. The maximum atomic E-state index is 12.4. The van der Waals surface area contributed by atoms with Crippen molar-refractivity contribution in [2.24, 2.45) is 0 Å². The zero-order valence-corrected chi connectivity index (χ0v) is 16.2. The Morgan fingerprint density at radius 2 is 1.64 bits per heavy atom. The van der Waals surface area contributed by atoms with E-state index >= 15 is 0 Å². The van der Waals surface area contributed by atoms with E-state index < -0.39 is 30.9 Å². The lowest BCUT2D eigenvalue weighted by molar-refractivity contribution is -0.142. The van der Waals surface area contributed by atoms with Crippen molar-refractivity contribution in [2.75, 3.05) is 13.2 Å². The summed E-state index contributed by atoms with van der Waals surface area (Å²) in [7, 11) is 0. The first-order valence-electron chi connectivity index (χ1n) is 9.16. The number of amides is 2. The molecule has 0 saturated heterocycles. The first-order chi connectivity index (χ1) is 13.3. The Morgan fingerprint density at radius 3 is 2.21 bits per heavy atom. The number of hydrogen-bond acceptors (Lipinski definition) is 5. The number of ketones is 1. The second-order valence-electron chi connectivity index (χ2n) is 6.76. The summed E-state index contributed by atoms with van der Waals surface area (Å²) in [6.07, 6.45) is 0.944. The maximum Gasteiger partial charge on any atom is 0.326 e. The molecule has 2 amide bonds. The van der Waals surface area contributed by atoms with Crippen molar-refractivity contribution in [2.45, 2.75) is 33.7 Å². The summed E-state index contributed by atoms with van der Waals surface area (Å²) in [4.78, 5) is 49.9. The molecule has 1 aromatic heterocycles. The molecule has 0 aliphatic carbocycles. The van der Waals surface area contributed by atoms with Gasteiger partial charge in [0.25, 0.3) is 11.8 Å². The van der Waals surface area contributed by atoms with E-state index in [4.69, 9.17) is 4.74 Å². The van der Waals surface area contributed by atoms with E-state index in [9.17, 15) is 19.2 Å². The van der Waals surface area contributed by atoms with Crippen LogP contribution < -0.4 is 0 Å². The smallest absolute Gasteiger partial charge is 0.326 e. The Hall–Kier alpha value is -3.22. The summed E-state index contributed by atoms with van der Waals surface area (Å²) < 4.78 is 7.09. The number of esters is 1. The number of benzene rings is 1. The van der Waals surface area contributed by atoms with Gasteiger partial charge in [0.1, 0.15) is 6.54 Å². The van der Waals surface area contributed by atoms with E-state index in [0.717, 1.165) is 29.3 Å². The Labute approximate surface area is 162 Å². The van der Waals surface area contributed by atoms with E-state index in [-0.39, 0.29) is 16.9 Å². The third-order valence-corrected chi connectivity index (χ3v) is 4.85. The van der Waals surface area contributed by atoms with Crippen LogP contribution in [0.25, 0.3) is 0 Å². The van der Waals surface area contributed by atoms with Crippen molar-refractivity contribution in [3.63, 3.8) is 0 Å². The van der Waals surface area contributed by atoms with Crippen molar-refractivity contribution in [1.82, 2.24) is 9.47 Å². The molecule has 28 heavy (non-hydrogen) atoms. The molecule has 0 N–H and O–H groups in total. The maximum absolute atomic E-state index is 12.4. The van der Waals surface area contributed by atoms with Crippen LogP contribution in [-0.4, -0.2) is 46.2 Å². The van der Waals surface area contributed by atoms with Gasteiger partial charge in [0.15, 0.2) is 6.61 Å². The predicted octanol–water partition coefficient (Wildman–Crippen LogP) is 2.54. The number of aryl methyl sites for hydroxylation is 1. The van der Waals surface area contributed by atoms with Crippen molar-refractivity contribution in [1.29, 1.82) is 0 Å². The molecule has 7 nitrogen and oxygen atoms in total. The summed E-state index contributed by atoms with van der Waals surface area (Å²) >= 11 is 0. The molecular formula is C21H22N2O5. The van der Waals surface area contributed by atoms with Crippen molar-refractivity contribution in [3.05, 3.63) is 58.4 Å². The van der Waals surface area contributed by atoms with Gasteiger partial charge in [-0.15, -0.1) is 0 Å². The molecule has 146 valence electrons. The fourth-order valence-corrected chi connectivity index (χ4v) is 3.43. The summed E-state index contributed by atoms with van der Waals surface area (Å²) in [6, 6.07) is 8.16. The first-order valence-corrected chi connectivity index (χ1v) is 9.16. The monoisotopic (exact) mass is 382 g/mol. The number of imide groups is 1. The molecule has 0 atom stereocenters. The van der Waals surface area contributed by atoms with Crippen molar-refractivity contribution in [3.8, 4) is 0 Å². The van der Waals surface area contributed by atoms with Crippen molar-refractivity contribution >= 4 is 23.6 Å². The number of carbonyl (C=O) groups excluding carboxylic acids is 4. The normalized spacial score (nSPS) is 13.0. The lowest BCUT2D eigenvalue weighted by atomic mass is 10.1. The van der Waals surface area contributed by atoms with Crippen LogP contribution in [0.1, 0.15) is 55.8 Å². The number of rotatable bonds is 7. The summed E-state index contributed by atoms with van der Waals surface area (Å²) in [6.45, 7) is 5.70. The molecule has 0 fully saturated rings. The molecule has 2 aromatic rings. The average molecular weight is 382 g/mol. The van der Waals surface area contributed by atoms with Crippen LogP contribution >= 0.6 is 0 Å². The minimum atomic E-state index is -0.801. The topological polar surface area (TPSA) is 85.7 Å². The molecule has 0 bridgehead atoms. The number of ether oxygens (including phenoxy) is 1. The van der Waals surface area contributed by atoms with Gasteiger partial charge in [-0.1, -0.05) is 19.1 Å². The molecule has 0 saturated carbocycles. The molecule has 0 unspecified atom stereocenters.